The van der Waals surface area contributed by atoms with Crippen molar-refractivity contribution in [2.75, 3.05) is 6.54 Å². The third-order valence-electron chi connectivity index (χ3n) is 2.55. The Labute approximate surface area is 117 Å². The van der Waals surface area contributed by atoms with E-state index >= 15 is 0 Å². The lowest BCUT2D eigenvalue weighted by Crippen LogP contribution is -2.52. The third-order valence-corrected chi connectivity index (χ3v) is 2.55. The molecule has 116 valence electrons. The Hall–Kier alpha value is -1.67. The zero-order valence-electron chi connectivity index (χ0n) is 11.9. The number of carbonyl (C=O) groups is 3. The van der Waals surface area contributed by atoms with Gasteiger partial charge in [-0.15, -0.1) is 0 Å². The quantitative estimate of drug-likeness (QED) is 0.365. The van der Waals surface area contributed by atoms with Crippen LogP contribution in [0.25, 0.3) is 0 Å². The van der Waals surface area contributed by atoms with Gasteiger partial charge in [0.25, 0.3) is 0 Å². The van der Waals surface area contributed by atoms with E-state index in [2.05, 4.69) is 10.6 Å². The van der Waals surface area contributed by atoms with Crippen LogP contribution in [0.4, 0.5) is 0 Å². The fraction of sp³-hybridized carbons (Fsp3) is 0.750. The zero-order valence-corrected chi connectivity index (χ0v) is 11.9. The fourth-order valence-corrected chi connectivity index (χ4v) is 1.53. The summed E-state index contributed by atoms with van der Waals surface area (Å²) in [5.74, 6) is -2.28. The van der Waals surface area contributed by atoms with Gasteiger partial charge in [0.2, 0.25) is 11.8 Å². The summed E-state index contributed by atoms with van der Waals surface area (Å²) in [7, 11) is 0. The van der Waals surface area contributed by atoms with Gasteiger partial charge in [-0.2, -0.15) is 0 Å². The fourth-order valence-electron chi connectivity index (χ4n) is 1.53. The van der Waals surface area contributed by atoms with E-state index in [1.54, 1.807) is 0 Å². The molecule has 2 amide bonds. The first-order chi connectivity index (χ1) is 9.15. The SMILES string of the molecule is CC(C)C[C@H](N)C(=O)NCC(=O)N[C@H](C(=O)O)[C@@H](C)O. The molecule has 0 aromatic heterocycles. The maximum Gasteiger partial charge on any atom is 0.328 e. The minimum absolute atomic E-state index is 0.246. The Kier molecular flexibility index (Phi) is 7.78. The second kappa shape index (κ2) is 8.49. The predicted octanol–water partition coefficient (Wildman–Crippen LogP) is -1.57. The zero-order chi connectivity index (χ0) is 15.9. The van der Waals surface area contributed by atoms with Gasteiger partial charge in [-0.1, -0.05) is 13.8 Å². The molecule has 0 radical (unpaired) electrons. The van der Waals surface area contributed by atoms with Crippen LogP contribution in [0.15, 0.2) is 0 Å². The van der Waals surface area contributed by atoms with Crippen LogP contribution in [0.1, 0.15) is 27.2 Å². The number of aliphatic hydroxyl groups excluding tert-OH is 1. The van der Waals surface area contributed by atoms with E-state index in [0.29, 0.717) is 6.42 Å². The summed E-state index contributed by atoms with van der Waals surface area (Å²) >= 11 is 0. The molecular weight excluding hydrogens is 266 g/mol. The number of carboxylic acids is 1. The van der Waals surface area contributed by atoms with Gasteiger partial charge in [-0.3, -0.25) is 9.59 Å². The van der Waals surface area contributed by atoms with Gasteiger partial charge in [-0.05, 0) is 19.3 Å². The summed E-state index contributed by atoms with van der Waals surface area (Å²) in [5.41, 5.74) is 5.62. The molecule has 20 heavy (non-hydrogen) atoms. The standard InChI is InChI=1S/C12H23N3O5/c1-6(2)4-8(13)11(18)14-5-9(17)15-10(7(3)16)12(19)20/h6-8,10,16H,4-5,13H2,1-3H3,(H,14,18)(H,15,17)(H,19,20)/t7-,8+,10+/m1/s1. The lowest BCUT2D eigenvalue weighted by Gasteiger charge is -2.18. The number of nitrogens with one attached hydrogen (secondary N) is 2. The number of aliphatic hydroxyl groups is 1. The van der Waals surface area contributed by atoms with Crippen molar-refractivity contribution >= 4 is 17.8 Å². The molecule has 0 aliphatic carbocycles. The average Bonchev–Trinajstić information content (AvgIpc) is 2.31. The van der Waals surface area contributed by atoms with Crippen molar-refractivity contribution in [3.63, 3.8) is 0 Å². The summed E-state index contributed by atoms with van der Waals surface area (Å²) in [5, 5.41) is 22.4. The molecule has 0 aromatic carbocycles. The molecule has 0 unspecified atom stereocenters. The normalized spacial score (nSPS) is 15.3. The summed E-state index contributed by atoms with van der Waals surface area (Å²) in [6.45, 7) is 4.69. The second-order valence-corrected chi connectivity index (χ2v) is 5.08. The van der Waals surface area contributed by atoms with Crippen LogP contribution in [0.5, 0.6) is 0 Å². The van der Waals surface area contributed by atoms with Gasteiger partial charge in [0.05, 0.1) is 18.7 Å². The van der Waals surface area contributed by atoms with Gasteiger partial charge in [-0.25, -0.2) is 4.79 Å². The first-order valence-corrected chi connectivity index (χ1v) is 6.38. The summed E-state index contributed by atoms with van der Waals surface area (Å²) in [4.78, 5) is 33.8. The Morgan fingerprint density at radius 1 is 1.20 bits per heavy atom. The van der Waals surface area contributed by atoms with Crippen molar-refractivity contribution in [2.45, 2.75) is 45.4 Å². The first-order valence-electron chi connectivity index (χ1n) is 6.38. The Morgan fingerprint density at radius 3 is 2.15 bits per heavy atom. The molecular formula is C12H23N3O5. The molecule has 0 fully saturated rings. The van der Waals surface area contributed by atoms with Crippen molar-refractivity contribution in [3.05, 3.63) is 0 Å². The number of aliphatic carboxylic acids is 1. The molecule has 0 aromatic rings. The van der Waals surface area contributed by atoms with Gasteiger partial charge >= 0.3 is 5.97 Å². The second-order valence-electron chi connectivity index (χ2n) is 5.08. The number of hydrogen-bond donors (Lipinski definition) is 5. The van der Waals surface area contributed by atoms with Crippen LogP contribution >= 0.6 is 0 Å². The lowest BCUT2D eigenvalue weighted by molar-refractivity contribution is -0.144. The molecule has 3 atom stereocenters. The molecule has 0 aliphatic heterocycles. The van der Waals surface area contributed by atoms with E-state index in [1.807, 2.05) is 13.8 Å². The number of carboxylic acid groups (broad SMARTS) is 1. The number of rotatable bonds is 8. The molecule has 0 bridgehead atoms. The largest absolute Gasteiger partial charge is 0.480 e. The van der Waals surface area contributed by atoms with Crippen molar-refractivity contribution in [1.82, 2.24) is 10.6 Å². The van der Waals surface area contributed by atoms with E-state index in [9.17, 15) is 19.5 Å². The highest BCUT2D eigenvalue weighted by atomic mass is 16.4. The minimum atomic E-state index is -1.41. The molecule has 8 heteroatoms. The van der Waals surface area contributed by atoms with Crippen molar-refractivity contribution < 1.29 is 24.6 Å². The van der Waals surface area contributed by atoms with Crippen molar-refractivity contribution in [3.8, 4) is 0 Å². The monoisotopic (exact) mass is 289 g/mol. The Morgan fingerprint density at radius 2 is 1.75 bits per heavy atom. The predicted molar refractivity (Wildman–Crippen MR) is 71.7 cm³/mol. The van der Waals surface area contributed by atoms with Crippen molar-refractivity contribution in [2.24, 2.45) is 11.7 Å². The maximum absolute atomic E-state index is 11.6. The molecule has 0 rings (SSSR count). The Balaban J connectivity index is 4.22. The van der Waals surface area contributed by atoms with Crippen molar-refractivity contribution in [1.29, 1.82) is 0 Å². The highest BCUT2D eigenvalue weighted by Crippen LogP contribution is 2.02. The summed E-state index contributed by atoms with van der Waals surface area (Å²) in [6, 6.07) is -2.13. The van der Waals surface area contributed by atoms with Gasteiger partial charge in [0.15, 0.2) is 6.04 Å². The van der Waals surface area contributed by atoms with E-state index in [4.69, 9.17) is 10.8 Å². The molecule has 0 saturated carbocycles. The number of nitrogens with two attached hydrogens (primary N) is 1. The molecule has 6 N–H and O–H groups in total. The summed E-state index contributed by atoms with van der Waals surface area (Å²) < 4.78 is 0. The third kappa shape index (κ3) is 7.05. The van der Waals surface area contributed by atoms with Crippen LogP contribution < -0.4 is 16.4 Å². The topological polar surface area (TPSA) is 142 Å². The highest BCUT2D eigenvalue weighted by molar-refractivity contribution is 5.89. The Bertz CT molecular complexity index is 357. The summed E-state index contributed by atoms with van der Waals surface area (Å²) in [6.07, 6.45) is -0.755. The molecule has 8 nitrogen and oxygen atoms in total. The van der Waals surface area contributed by atoms with Crippen LogP contribution in [0.2, 0.25) is 0 Å². The van der Waals surface area contributed by atoms with E-state index < -0.39 is 36.0 Å². The van der Waals surface area contributed by atoms with Crippen LogP contribution in [0.3, 0.4) is 0 Å². The van der Waals surface area contributed by atoms with E-state index in [1.165, 1.54) is 6.92 Å². The lowest BCUT2D eigenvalue weighted by atomic mass is 10.0. The highest BCUT2D eigenvalue weighted by Gasteiger charge is 2.25. The molecule has 0 heterocycles. The number of hydrogen-bond acceptors (Lipinski definition) is 5. The van der Waals surface area contributed by atoms with Gasteiger partial charge < -0.3 is 26.6 Å². The van der Waals surface area contributed by atoms with Crippen LogP contribution in [-0.2, 0) is 14.4 Å². The van der Waals surface area contributed by atoms with Gasteiger partial charge in [0, 0.05) is 0 Å². The maximum atomic E-state index is 11.6. The van der Waals surface area contributed by atoms with Crippen LogP contribution in [-0.4, -0.2) is 52.7 Å². The smallest absolute Gasteiger partial charge is 0.328 e. The minimum Gasteiger partial charge on any atom is -0.480 e. The first kappa shape index (κ1) is 18.3. The number of amides is 2. The van der Waals surface area contributed by atoms with Crippen LogP contribution in [0, 0.1) is 5.92 Å². The molecule has 0 spiro atoms. The number of carbonyl (C=O) groups excluding carboxylic acids is 2. The van der Waals surface area contributed by atoms with Gasteiger partial charge in [0.1, 0.15) is 0 Å². The molecule has 0 saturated heterocycles. The molecule has 0 aliphatic rings. The van der Waals surface area contributed by atoms with E-state index in [0.717, 1.165) is 0 Å². The van der Waals surface area contributed by atoms with E-state index in [-0.39, 0.29) is 12.5 Å². The average molecular weight is 289 g/mol.